The summed E-state index contributed by atoms with van der Waals surface area (Å²) in [4.78, 5) is 4.12. The molecule has 100 valence electrons. The maximum atomic E-state index is 14.0. The monoisotopic (exact) mass is 286 g/mol. The number of nitrogens with two attached hydrogens (primary N) is 1. The summed E-state index contributed by atoms with van der Waals surface area (Å²) in [6, 6.07) is 11.7. The first-order chi connectivity index (χ1) is 9.66. The van der Waals surface area contributed by atoms with Crippen LogP contribution in [0.3, 0.4) is 0 Å². The quantitative estimate of drug-likeness (QED) is 0.771. The molecule has 1 unspecified atom stereocenters. The van der Waals surface area contributed by atoms with Crippen LogP contribution in [0.1, 0.15) is 17.2 Å². The zero-order valence-electron chi connectivity index (χ0n) is 10.6. The lowest BCUT2D eigenvalue weighted by atomic mass is 9.95. The molecular formula is C16H12ClFN2. The average molecular weight is 287 g/mol. The molecule has 0 saturated carbocycles. The number of fused-ring (bicyclic) bond motifs is 1. The minimum absolute atomic E-state index is 0.359. The molecule has 1 aromatic heterocycles. The van der Waals surface area contributed by atoms with E-state index in [4.69, 9.17) is 17.3 Å². The highest BCUT2D eigenvalue weighted by Gasteiger charge is 2.16. The fourth-order valence-corrected chi connectivity index (χ4v) is 2.49. The SMILES string of the molecule is NC(c1ccc(Cl)cc1F)c1cccc2ccncc12. The van der Waals surface area contributed by atoms with E-state index in [1.807, 2.05) is 24.3 Å². The van der Waals surface area contributed by atoms with E-state index < -0.39 is 11.9 Å². The number of hydrogen-bond donors (Lipinski definition) is 1. The molecule has 3 rings (SSSR count). The van der Waals surface area contributed by atoms with E-state index in [0.29, 0.717) is 10.6 Å². The van der Waals surface area contributed by atoms with E-state index in [1.54, 1.807) is 24.5 Å². The second-order valence-corrected chi connectivity index (χ2v) is 5.02. The number of benzene rings is 2. The topological polar surface area (TPSA) is 38.9 Å². The Morgan fingerprint density at radius 1 is 1.10 bits per heavy atom. The number of halogens is 2. The molecule has 2 N–H and O–H groups in total. The molecule has 1 heterocycles. The van der Waals surface area contributed by atoms with Gasteiger partial charge in [-0.2, -0.15) is 0 Å². The Labute approximate surface area is 121 Å². The normalized spacial score (nSPS) is 12.6. The molecule has 2 nitrogen and oxygen atoms in total. The van der Waals surface area contributed by atoms with Crippen LogP contribution >= 0.6 is 11.6 Å². The van der Waals surface area contributed by atoms with Gasteiger partial charge in [0.2, 0.25) is 0 Å². The highest BCUT2D eigenvalue weighted by molar-refractivity contribution is 6.30. The van der Waals surface area contributed by atoms with Crippen LogP contribution in [0.2, 0.25) is 5.02 Å². The van der Waals surface area contributed by atoms with Crippen molar-refractivity contribution in [3.63, 3.8) is 0 Å². The highest BCUT2D eigenvalue weighted by atomic mass is 35.5. The van der Waals surface area contributed by atoms with Gasteiger partial charge >= 0.3 is 0 Å². The van der Waals surface area contributed by atoms with E-state index in [9.17, 15) is 4.39 Å². The van der Waals surface area contributed by atoms with Crippen molar-refractivity contribution >= 4 is 22.4 Å². The second-order valence-electron chi connectivity index (χ2n) is 4.59. The zero-order valence-corrected chi connectivity index (χ0v) is 11.3. The third kappa shape index (κ3) is 2.26. The maximum absolute atomic E-state index is 14.0. The van der Waals surface area contributed by atoms with Crippen LogP contribution in [-0.4, -0.2) is 4.98 Å². The lowest BCUT2D eigenvalue weighted by molar-refractivity contribution is 0.600. The van der Waals surface area contributed by atoms with Crippen LogP contribution in [0.4, 0.5) is 4.39 Å². The molecule has 0 radical (unpaired) electrons. The Kier molecular flexibility index (Phi) is 3.38. The Bertz CT molecular complexity index is 768. The first-order valence-electron chi connectivity index (χ1n) is 6.20. The molecule has 0 aliphatic heterocycles. The van der Waals surface area contributed by atoms with Gasteiger partial charge in [-0.05, 0) is 29.1 Å². The summed E-state index contributed by atoms with van der Waals surface area (Å²) in [6.45, 7) is 0. The number of rotatable bonds is 2. The van der Waals surface area contributed by atoms with Crippen LogP contribution in [0, 0.1) is 5.82 Å². The molecule has 0 saturated heterocycles. The Morgan fingerprint density at radius 3 is 2.75 bits per heavy atom. The lowest BCUT2D eigenvalue weighted by Crippen LogP contribution is -2.14. The van der Waals surface area contributed by atoms with E-state index in [1.165, 1.54) is 6.07 Å². The van der Waals surface area contributed by atoms with Crippen molar-refractivity contribution in [3.8, 4) is 0 Å². The van der Waals surface area contributed by atoms with Gasteiger partial charge in [0, 0.05) is 28.4 Å². The number of pyridine rings is 1. The molecule has 2 aromatic carbocycles. The molecule has 0 bridgehead atoms. The second kappa shape index (κ2) is 5.19. The van der Waals surface area contributed by atoms with Gasteiger partial charge in [-0.15, -0.1) is 0 Å². The van der Waals surface area contributed by atoms with Gasteiger partial charge in [0.05, 0.1) is 6.04 Å². The Balaban J connectivity index is 2.15. The van der Waals surface area contributed by atoms with Crippen LogP contribution in [-0.2, 0) is 0 Å². The summed E-state index contributed by atoms with van der Waals surface area (Å²) in [5.41, 5.74) is 7.49. The number of nitrogens with zero attached hydrogens (tertiary/aromatic N) is 1. The Hall–Kier alpha value is -1.97. The van der Waals surface area contributed by atoms with E-state index in [2.05, 4.69) is 4.98 Å². The fourth-order valence-electron chi connectivity index (χ4n) is 2.33. The molecule has 4 heteroatoms. The first-order valence-corrected chi connectivity index (χ1v) is 6.58. The molecule has 20 heavy (non-hydrogen) atoms. The van der Waals surface area contributed by atoms with Gasteiger partial charge in [-0.1, -0.05) is 35.9 Å². The van der Waals surface area contributed by atoms with Crippen LogP contribution in [0.25, 0.3) is 10.8 Å². The van der Waals surface area contributed by atoms with Crippen LogP contribution < -0.4 is 5.73 Å². The van der Waals surface area contributed by atoms with E-state index in [-0.39, 0.29) is 0 Å². The van der Waals surface area contributed by atoms with Gasteiger partial charge in [0.1, 0.15) is 5.82 Å². The largest absolute Gasteiger partial charge is 0.320 e. The summed E-state index contributed by atoms with van der Waals surface area (Å²) in [5.74, 6) is -0.397. The summed E-state index contributed by atoms with van der Waals surface area (Å²) in [5, 5.41) is 2.32. The summed E-state index contributed by atoms with van der Waals surface area (Å²) < 4.78 is 14.0. The Morgan fingerprint density at radius 2 is 1.95 bits per heavy atom. The maximum Gasteiger partial charge on any atom is 0.129 e. The zero-order chi connectivity index (χ0) is 14.1. The molecule has 0 fully saturated rings. The van der Waals surface area contributed by atoms with Crippen LogP contribution in [0.15, 0.2) is 54.9 Å². The standard InChI is InChI=1S/C16H12ClFN2/c17-11-4-5-13(15(18)8-11)16(19)12-3-1-2-10-6-7-20-9-14(10)12/h1-9,16H,19H2. The average Bonchev–Trinajstić information content (AvgIpc) is 2.46. The van der Waals surface area contributed by atoms with Crippen molar-refractivity contribution in [2.24, 2.45) is 5.73 Å². The minimum atomic E-state index is -0.555. The van der Waals surface area contributed by atoms with E-state index >= 15 is 0 Å². The van der Waals surface area contributed by atoms with Gasteiger partial charge in [-0.3, -0.25) is 4.98 Å². The van der Waals surface area contributed by atoms with Crippen molar-refractivity contribution in [1.82, 2.24) is 4.98 Å². The molecule has 0 aliphatic rings. The number of hydrogen-bond acceptors (Lipinski definition) is 2. The third-order valence-electron chi connectivity index (χ3n) is 3.35. The van der Waals surface area contributed by atoms with Crippen molar-refractivity contribution in [2.75, 3.05) is 0 Å². The first kappa shape index (κ1) is 13.0. The van der Waals surface area contributed by atoms with Crippen molar-refractivity contribution in [1.29, 1.82) is 0 Å². The highest BCUT2D eigenvalue weighted by Crippen LogP contribution is 2.29. The smallest absolute Gasteiger partial charge is 0.129 e. The van der Waals surface area contributed by atoms with Gasteiger partial charge in [-0.25, -0.2) is 4.39 Å². The molecule has 0 amide bonds. The number of aromatic nitrogens is 1. The summed E-state index contributed by atoms with van der Waals surface area (Å²) in [6.07, 6.45) is 3.47. The predicted molar refractivity (Wildman–Crippen MR) is 79.2 cm³/mol. The van der Waals surface area contributed by atoms with Gasteiger partial charge in [0.25, 0.3) is 0 Å². The minimum Gasteiger partial charge on any atom is -0.320 e. The lowest BCUT2D eigenvalue weighted by Gasteiger charge is -2.16. The molecule has 1 atom stereocenters. The van der Waals surface area contributed by atoms with Crippen molar-refractivity contribution in [3.05, 3.63) is 76.8 Å². The van der Waals surface area contributed by atoms with Crippen molar-refractivity contribution in [2.45, 2.75) is 6.04 Å². The van der Waals surface area contributed by atoms with Gasteiger partial charge in [0.15, 0.2) is 0 Å². The van der Waals surface area contributed by atoms with Crippen LogP contribution in [0.5, 0.6) is 0 Å². The molecule has 3 aromatic rings. The predicted octanol–water partition coefficient (Wildman–Crippen LogP) is 4.08. The van der Waals surface area contributed by atoms with E-state index in [0.717, 1.165) is 16.3 Å². The third-order valence-corrected chi connectivity index (χ3v) is 3.59. The molecule has 0 spiro atoms. The molecule has 0 aliphatic carbocycles. The summed E-state index contributed by atoms with van der Waals surface area (Å²) >= 11 is 5.77. The summed E-state index contributed by atoms with van der Waals surface area (Å²) in [7, 11) is 0. The van der Waals surface area contributed by atoms with Gasteiger partial charge < -0.3 is 5.73 Å². The van der Waals surface area contributed by atoms with Crippen molar-refractivity contribution < 1.29 is 4.39 Å². The molecular weight excluding hydrogens is 275 g/mol. The fraction of sp³-hybridized carbons (Fsp3) is 0.0625.